The minimum atomic E-state index is -3.46. The predicted octanol–water partition coefficient (Wildman–Crippen LogP) is 2.09. The number of nitrogens with zero attached hydrogens (tertiary/aromatic N) is 2. The number of sulfonamides is 1. The Kier molecular flexibility index (Phi) is 3.96. The number of anilines is 1. The molecule has 0 bridgehead atoms. The monoisotopic (exact) mass is 293 g/mol. The van der Waals surface area contributed by atoms with Crippen LogP contribution in [0.3, 0.4) is 0 Å². The summed E-state index contributed by atoms with van der Waals surface area (Å²) in [4.78, 5) is 4.44. The highest BCUT2D eigenvalue weighted by Crippen LogP contribution is 2.21. The summed E-state index contributed by atoms with van der Waals surface area (Å²) in [6, 6.07) is 8.33. The first kappa shape index (κ1) is 14.7. The standard InChI is InChI=1S/C14H19N3O2S/c1-10(2)9-17(3)20(18,19)12-5-6-13-11(8-12)4-7-14(15)16-13/h4-8,10H,9H2,1-3H3,(H2,15,16). The molecule has 0 saturated carbocycles. The molecule has 0 amide bonds. The van der Waals surface area contributed by atoms with Crippen molar-refractivity contribution in [3.63, 3.8) is 0 Å². The molecule has 0 aliphatic heterocycles. The Morgan fingerprint density at radius 2 is 1.95 bits per heavy atom. The molecule has 6 heteroatoms. The molecule has 2 N–H and O–H groups in total. The minimum Gasteiger partial charge on any atom is -0.384 e. The van der Waals surface area contributed by atoms with Crippen LogP contribution in [-0.2, 0) is 10.0 Å². The van der Waals surface area contributed by atoms with Crippen molar-refractivity contribution in [1.29, 1.82) is 0 Å². The van der Waals surface area contributed by atoms with E-state index in [9.17, 15) is 8.42 Å². The van der Waals surface area contributed by atoms with Gasteiger partial charge in [-0.3, -0.25) is 0 Å². The van der Waals surface area contributed by atoms with Crippen molar-refractivity contribution in [3.05, 3.63) is 30.3 Å². The van der Waals surface area contributed by atoms with Crippen molar-refractivity contribution in [2.45, 2.75) is 18.7 Å². The molecule has 0 fully saturated rings. The molecule has 2 rings (SSSR count). The fourth-order valence-corrected chi connectivity index (χ4v) is 3.44. The summed E-state index contributed by atoms with van der Waals surface area (Å²) in [6.07, 6.45) is 0. The zero-order chi connectivity index (χ0) is 14.9. The topological polar surface area (TPSA) is 76.3 Å². The van der Waals surface area contributed by atoms with E-state index in [0.29, 0.717) is 17.9 Å². The number of nitrogens with two attached hydrogens (primary N) is 1. The third kappa shape index (κ3) is 2.91. The largest absolute Gasteiger partial charge is 0.384 e. The summed E-state index contributed by atoms with van der Waals surface area (Å²) in [5.41, 5.74) is 6.30. The van der Waals surface area contributed by atoms with Gasteiger partial charge in [0.05, 0.1) is 10.4 Å². The zero-order valence-corrected chi connectivity index (χ0v) is 12.7. The first-order valence-corrected chi connectivity index (χ1v) is 7.87. The van der Waals surface area contributed by atoms with Crippen LogP contribution in [0.4, 0.5) is 5.82 Å². The Hall–Kier alpha value is -1.66. The highest BCUT2D eigenvalue weighted by atomic mass is 32.2. The summed E-state index contributed by atoms with van der Waals surface area (Å²) < 4.78 is 26.3. The van der Waals surface area contributed by atoms with Gasteiger partial charge in [-0.25, -0.2) is 17.7 Å². The molecule has 1 heterocycles. The molecular weight excluding hydrogens is 274 g/mol. The average molecular weight is 293 g/mol. The lowest BCUT2D eigenvalue weighted by molar-refractivity contribution is 0.417. The number of fused-ring (bicyclic) bond motifs is 1. The Morgan fingerprint density at radius 3 is 2.60 bits per heavy atom. The van der Waals surface area contributed by atoms with Gasteiger partial charge in [-0.15, -0.1) is 0 Å². The Balaban J connectivity index is 2.44. The maximum Gasteiger partial charge on any atom is 0.242 e. The molecule has 0 aliphatic carbocycles. The van der Waals surface area contributed by atoms with E-state index >= 15 is 0 Å². The van der Waals surface area contributed by atoms with Crippen LogP contribution in [-0.4, -0.2) is 31.3 Å². The van der Waals surface area contributed by atoms with E-state index in [1.54, 1.807) is 37.4 Å². The summed E-state index contributed by atoms with van der Waals surface area (Å²) in [6.45, 7) is 4.46. The van der Waals surface area contributed by atoms with E-state index in [4.69, 9.17) is 5.73 Å². The van der Waals surface area contributed by atoms with Crippen molar-refractivity contribution in [2.24, 2.45) is 5.92 Å². The number of benzene rings is 1. The first-order valence-electron chi connectivity index (χ1n) is 6.43. The number of hydrogen-bond donors (Lipinski definition) is 1. The molecule has 20 heavy (non-hydrogen) atoms. The molecule has 0 saturated heterocycles. The van der Waals surface area contributed by atoms with Gasteiger partial charge in [0.2, 0.25) is 10.0 Å². The fraction of sp³-hybridized carbons (Fsp3) is 0.357. The molecule has 2 aromatic rings. The molecule has 108 valence electrons. The Morgan fingerprint density at radius 1 is 1.25 bits per heavy atom. The van der Waals surface area contributed by atoms with Crippen LogP contribution in [0.2, 0.25) is 0 Å². The van der Waals surface area contributed by atoms with Gasteiger partial charge in [0, 0.05) is 19.0 Å². The smallest absolute Gasteiger partial charge is 0.242 e. The second-order valence-corrected chi connectivity index (χ2v) is 7.31. The quantitative estimate of drug-likeness (QED) is 0.936. The lowest BCUT2D eigenvalue weighted by Crippen LogP contribution is -2.30. The minimum absolute atomic E-state index is 0.275. The Bertz CT molecular complexity index is 726. The molecule has 0 aliphatic rings. The van der Waals surface area contributed by atoms with Crippen LogP contribution in [0.15, 0.2) is 35.2 Å². The molecule has 0 unspecified atom stereocenters. The van der Waals surface area contributed by atoms with E-state index < -0.39 is 10.0 Å². The van der Waals surface area contributed by atoms with Gasteiger partial charge in [0.15, 0.2) is 0 Å². The highest BCUT2D eigenvalue weighted by molar-refractivity contribution is 7.89. The zero-order valence-electron chi connectivity index (χ0n) is 11.9. The SMILES string of the molecule is CC(C)CN(C)S(=O)(=O)c1ccc2nc(N)ccc2c1. The van der Waals surface area contributed by atoms with E-state index in [1.165, 1.54) is 4.31 Å². The van der Waals surface area contributed by atoms with Crippen molar-refractivity contribution < 1.29 is 8.42 Å². The van der Waals surface area contributed by atoms with Crippen LogP contribution in [0.5, 0.6) is 0 Å². The molecule has 0 spiro atoms. The second-order valence-electron chi connectivity index (χ2n) is 5.27. The number of aromatic nitrogens is 1. The van der Waals surface area contributed by atoms with Crippen molar-refractivity contribution in [3.8, 4) is 0 Å². The van der Waals surface area contributed by atoms with Crippen LogP contribution in [0.25, 0.3) is 10.9 Å². The van der Waals surface area contributed by atoms with Crippen molar-refractivity contribution in [1.82, 2.24) is 9.29 Å². The van der Waals surface area contributed by atoms with Gasteiger partial charge < -0.3 is 5.73 Å². The summed E-state index contributed by atoms with van der Waals surface area (Å²) >= 11 is 0. The maximum absolute atomic E-state index is 12.5. The van der Waals surface area contributed by atoms with Gasteiger partial charge in [0.25, 0.3) is 0 Å². The van der Waals surface area contributed by atoms with Crippen molar-refractivity contribution in [2.75, 3.05) is 19.3 Å². The summed E-state index contributed by atoms with van der Waals surface area (Å²) in [7, 11) is -1.86. The van der Waals surface area contributed by atoms with Gasteiger partial charge >= 0.3 is 0 Å². The molecule has 0 radical (unpaired) electrons. The third-order valence-corrected chi connectivity index (χ3v) is 4.83. The molecular formula is C14H19N3O2S. The number of rotatable bonds is 4. The summed E-state index contributed by atoms with van der Waals surface area (Å²) in [5.74, 6) is 0.696. The highest BCUT2D eigenvalue weighted by Gasteiger charge is 2.21. The maximum atomic E-state index is 12.5. The lowest BCUT2D eigenvalue weighted by Gasteiger charge is -2.19. The van der Waals surface area contributed by atoms with E-state index in [-0.39, 0.29) is 10.8 Å². The lowest BCUT2D eigenvalue weighted by atomic mass is 10.2. The molecule has 1 aromatic carbocycles. The Labute approximate surface area is 119 Å². The van der Waals surface area contributed by atoms with Gasteiger partial charge in [-0.05, 0) is 36.2 Å². The van der Waals surface area contributed by atoms with Gasteiger partial charge in [-0.2, -0.15) is 0 Å². The second kappa shape index (κ2) is 5.38. The van der Waals surface area contributed by atoms with Crippen molar-refractivity contribution >= 4 is 26.7 Å². The number of hydrogen-bond acceptors (Lipinski definition) is 4. The van der Waals surface area contributed by atoms with Crippen LogP contribution >= 0.6 is 0 Å². The predicted molar refractivity (Wildman–Crippen MR) is 80.8 cm³/mol. The molecule has 0 atom stereocenters. The number of pyridine rings is 1. The van der Waals surface area contributed by atoms with Crippen LogP contribution in [0.1, 0.15) is 13.8 Å². The van der Waals surface area contributed by atoms with E-state index in [0.717, 1.165) is 5.39 Å². The van der Waals surface area contributed by atoms with Gasteiger partial charge in [0.1, 0.15) is 5.82 Å². The van der Waals surface area contributed by atoms with E-state index in [1.807, 2.05) is 13.8 Å². The average Bonchev–Trinajstić information content (AvgIpc) is 2.37. The third-order valence-electron chi connectivity index (χ3n) is 3.01. The normalized spacial score (nSPS) is 12.4. The molecule has 5 nitrogen and oxygen atoms in total. The summed E-state index contributed by atoms with van der Waals surface area (Å²) in [5, 5.41) is 0.762. The first-order chi connectivity index (χ1) is 9.30. The van der Waals surface area contributed by atoms with Crippen LogP contribution in [0, 0.1) is 5.92 Å². The van der Waals surface area contributed by atoms with Gasteiger partial charge in [-0.1, -0.05) is 13.8 Å². The van der Waals surface area contributed by atoms with E-state index in [2.05, 4.69) is 4.98 Å². The number of nitrogen functional groups attached to an aromatic ring is 1. The fourth-order valence-electron chi connectivity index (χ4n) is 2.07. The van der Waals surface area contributed by atoms with Crippen LogP contribution < -0.4 is 5.73 Å². The molecule has 1 aromatic heterocycles.